The molecule has 132 valence electrons. The van der Waals surface area contributed by atoms with E-state index in [1.165, 1.54) is 13.0 Å². The van der Waals surface area contributed by atoms with E-state index in [-0.39, 0.29) is 5.76 Å². The lowest BCUT2D eigenvalue weighted by molar-refractivity contribution is -0.151. The Hall–Kier alpha value is -2.63. The van der Waals surface area contributed by atoms with Crippen molar-refractivity contribution in [1.82, 2.24) is 0 Å². The van der Waals surface area contributed by atoms with Crippen LogP contribution in [-0.2, 0) is 19.1 Å². The van der Waals surface area contributed by atoms with Gasteiger partial charge >= 0.3 is 5.97 Å². The summed E-state index contributed by atoms with van der Waals surface area (Å²) in [5.41, 5.74) is 0.608. The monoisotopic (exact) mass is 390 g/mol. The van der Waals surface area contributed by atoms with Gasteiger partial charge in [0.1, 0.15) is 17.3 Å². The van der Waals surface area contributed by atoms with Gasteiger partial charge < -0.3 is 9.15 Å². The van der Waals surface area contributed by atoms with Gasteiger partial charge in [-0.05, 0) is 43.3 Å². The topological polar surface area (TPSA) is 73.6 Å². The maximum atomic E-state index is 12.2. The number of hydrogen-bond donors (Lipinski definition) is 0. The highest BCUT2D eigenvalue weighted by molar-refractivity contribution is 6.43. The third-order valence-electron chi connectivity index (χ3n) is 3.67. The summed E-state index contributed by atoms with van der Waals surface area (Å²) in [6, 6.07) is 8.44. The van der Waals surface area contributed by atoms with E-state index in [2.05, 4.69) is 0 Å². The molecule has 1 atom stereocenters. The fourth-order valence-electron chi connectivity index (χ4n) is 2.44. The molecule has 7 heteroatoms. The lowest BCUT2D eigenvalue weighted by Gasteiger charge is -2.15. The van der Waals surface area contributed by atoms with E-state index in [1.807, 2.05) is 0 Å². The number of ketones is 2. The van der Waals surface area contributed by atoms with Crippen LogP contribution < -0.4 is 0 Å². The van der Waals surface area contributed by atoms with Gasteiger partial charge in [-0.3, -0.25) is 14.4 Å². The summed E-state index contributed by atoms with van der Waals surface area (Å²) in [6.45, 7) is 1.47. The molecule has 1 aromatic heterocycles. The first kappa shape index (κ1) is 18.2. The molecule has 2 heterocycles. The average molecular weight is 391 g/mol. The first-order valence-corrected chi connectivity index (χ1v) is 8.32. The van der Waals surface area contributed by atoms with Gasteiger partial charge in [-0.1, -0.05) is 29.3 Å². The molecule has 0 saturated carbocycles. The average Bonchev–Trinajstić information content (AvgIpc) is 3.03. The second kappa shape index (κ2) is 7.32. The molecule has 0 N–H and O–H groups in total. The first-order valence-electron chi connectivity index (χ1n) is 7.57. The van der Waals surface area contributed by atoms with Crippen LogP contribution in [0.5, 0.6) is 0 Å². The van der Waals surface area contributed by atoms with Crippen molar-refractivity contribution >= 4 is 46.8 Å². The Morgan fingerprint density at radius 1 is 1.15 bits per heavy atom. The predicted octanol–water partition coefficient (Wildman–Crippen LogP) is 4.48. The number of allylic oxidation sites excluding steroid dienone is 3. The number of benzene rings is 1. The normalized spacial score (nSPS) is 17.3. The molecule has 0 aliphatic carbocycles. The number of halogens is 2. The molecule has 0 fully saturated rings. The van der Waals surface area contributed by atoms with Crippen LogP contribution in [0.4, 0.5) is 0 Å². The van der Waals surface area contributed by atoms with Crippen LogP contribution in [0.1, 0.15) is 12.7 Å². The molecular formula is C19H12Cl2O5. The Morgan fingerprint density at radius 3 is 2.65 bits per heavy atom. The summed E-state index contributed by atoms with van der Waals surface area (Å²) >= 11 is 12.1. The van der Waals surface area contributed by atoms with Crippen molar-refractivity contribution in [1.29, 1.82) is 0 Å². The van der Waals surface area contributed by atoms with Gasteiger partial charge in [0.25, 0.3) is 0 Å². The molecule has 1 aliphatic rings. The minimum atomic E-state index is -1.48. The van der Waals surface area contributed by atoms with Crippen LogP contribution in [0.25, 0.3) is 17.4 Å². The maximum Gasteiger partial charge on any atom is 0.329 e. The second-order valence-corrected chi connectivity index (χ2v) is 6.34. The third-order valence-corrected chi connectivity index (χ3v) is 4.49. The Morgan fingerprint density at radius 2 is 1.92 bits per heavy atom. The molecule has 3 rings (SSSR count). The summed E-state index contributed by atoms with van der Waals surface area (Å²) in [4.78, 5) is 35.7. The Balaban J connectivity index is 1.79. The number of hydrogen-bond acceptors (Lipinski definition) is 5. The van der Waals surface area contributed by atoms with Crippen molar-refractivity contribution in [2.75, 3.05) is 0 Å². The number of cyclic esters (lactones) is 1. The van der Waals surface area contributed by atoms with Crippen molar-refractivity contribution in [3.05, 3.63) is 64.0 Å². The zero-order valence-corrected chi connectivity index (χ0v) is 15.0. The quantitative estimate of drug-likeness (QED) is 0.437. The highest BCUT2D eigenvalue weighted by atomic mass is 35.5. The Kier molecular flexibility index (Phi) is 5.11. The van der Waals surface area contributed by atoms with E-state index in [1.54, 1.807) is 30.3 Å². The second-order valence-electron chi connectivity index (χ2n) is 5.55. The SMILES string of the molecule is CC1=CC(=O)C(C(=O)C=Cc2ccc(-c3cccc(Cl)c3Cl)o2)C(=O)O1. The summed E-state index contributed by atoms with van der Waals surface area (Å²) in [5, 5.41) is 0.748. The minimum absolute atomic E-state index is 0.169. The smallest absolute Gasteiger partial charge is 0.329 e. The van der Waals surface area contributed by atoms with Crippen molar-refractivity contribution in [2.45, 2.75) is 6.92 Å². The van der Waals surface area contributed by atoms with Gasteiger partial charge in [0.15, 0.2) is 17.5 Å². The number of furan rings is 1. The third kappa shape index (κ3) is 3.64. The molecule has 5 nitrogen and oxygen atoms in total. The van der Waals surface area contributed by atoms with E-state index in [0.717, 1.165) is 12.2 Å². The van der Waals surface area contributed by atoms with E-state index in [9.17, 15) is 14.4 Å². The fourth-order valence-corrected chi connectivity index (χ4v) is 2.84. The fraction of sp³-hybridized carbons (Fsp3) is 0.105. The zero-order chi connectivity index (χ0) is 18.8. The molecule has 0 radical (unpaired) electrons. The molecule has 1 aliphatic heterocycles. The lowest BCUT2D eigenvalue weighted by atomic mass is 9.96. The van der Waals surface area contributed by atoms with Gasteiger partial charge in [-0.25, -0.2) is 0 Å². The molecule has 0 bridgehead atoms. The highest BCUT2D eigenvalue weighted by Gasteiger charge is 2.36. The van der Waals surface area contributed by atoms with E-state index >= 15 is 0 Å². The van der Waals surface area contributed by atoms with Crippen LogP contribution in [0.15, 0.2) is 52.7 Å². The predicted molar refractivity (Wildman–Crippen MR) is 96.6 cm³/mol. The van der Waals surface area contributed by atoms with Gasteiger partial charge in [-0.2, -0.15) is 0 Å². The van der Waals surface area contributed by atoms with Crippen LogP contribution in [0.3, 0.4) is 0 Å². The molecule has 2 aromatic rings. The largest absolute Gasteiger partial charge is 0.457 e. The van der Waals surface area contributed by atoms with E-state index in [4.69, 9.17) is 32.4 Å². The van der Waals surface area contributed by atoms with E-state index < -0.39 is 23.5 Å². The van der Waals surface area contributed by atoms with Gasteiger partial charge in [-0.15, -0.1) is 0 Å². The summed E-state index contributed by atoms with van der Waals surface area (Å²) in [5.74, 6) is -2.64. The first-order chi connectivity index (χ1) is 12.4. The summed E-state index contributed by atoms with van der Waals surface area (Å²) in [7, 11) is 0. The Labute approximate surface area is 158 Å². The van der Waals surface area contributed by atoms with Crippen LogP contribution in [0, 0.1) is 5.92 Å². The van der Waals surface area contributed by atoms with Gasteiger partial charge in [0, 0.05) is 11.6 Å². The van der Waals surface area contributed by atoms with Crippen molar-refractivity contribution in [2.24, 2.45) is 5.92 Å². The molecular weight excluding hydrogens is 379 g/mol. The van der Waals surface area contributed by atoms with Crippen LogP contribution in [0.2, 0.25) is 10.0 Å². The highest BCUT2D eigenvalue weighted by Crippen LogP contribution is 2.34. The number of esters is 1. The number of carbonyl (C=O) groups is 3. The van der Waals surface area contributed by atoms with Crippen molar-refractivity contribution in [3.8, 4) is 11.3 Å². The zero-order valence-electron chi connectivity index (χ0n) is 13.5. The standard InChI is InChI=1S/C19H12Cl2O5/c1-10-9-15(23)17(19(24)25-10)14(22)7-5-11-6-8-16(26-11)12-3-2-4-13(20)18(12)21/h2-9,17H,1H3. The van der Waals surface area contributed by atoms with Gasteiger partial charge in [0.05, 0.1) is 10.0 Å². The number of ether oxygens (including phenoxy) is 1. The van der Waals surface area contributed by atoms with Gasteiger partial charge in [0.2, 0.25) is 0 Å². The van der Waals surface area contributed by atoms with Crippen LogP contribution in [-0.4, -0.2) is 17.5 Å². The minimum Gasteiger partial charge on any atom is -0.457 e. The number of carbonyl (C=O) groups excluding carboxylic acids is 3. The summed E-state index contributed by atoms with van der Waals surface area (Å²) in [6.07, 6.45) is 3.61. The molecule has 0 saturated heterocycles. The number of rotatable bonds is 4. The molecule has 1 aromatic carbocycles. The maximum absolute atomic E-state index is 12.2. The molecule has 26 heavy (non-hydrogen) atoms. The van der Waals surface area contributed by atoms with Crippen molar-refractivity contribution < 1.29 is 23.5 Å². The molecule has 1 unspecified atom stereocenters. The van der Waals surface area contributed by atoms with E-state index in [0.29, 0.717) is 27.1 Å². The van der Waals surface area contributed by atoms with Crippen molar-refractivity contribution in [3.63, 3.8) is 0 Å². The molecule has 0 amide bonds. The lowest BCUT2D eigenvalue weighted by Crippen LogP contribution is -2.34. The molecule has 0 spiro atoms. The summed E-state index contributed by atoms with van der Waals surface area (Å²) < 4.78 is 10.4. The van der Waals surface area contributed by atoms with Crippen LogP contribution >= 0.6 is 23.2 Å². The Bertz CT molecular complexity index is 968.